The number of hydrogen-bond acceptors (Lipinski definition) is 1. The predicted octanol–water partition coefficient (Wildman–Crippen LogP) is 5.60. The number of aliphatic carboxylic acids is 1. The number of carbonyl (C=O) groups is 1. The molecule has 0 atom stereocenters. The monoisotopic (exact) mass is 361 g/mol. The summed E-state index contributed by atoms with van der Waals surface area (Å²) in [7, 11) is 0. The molecule has 0 fully saturated rings. The number of aromatic amines is 1. The van der Waals surface area contributed by atoms with Gasteiger partial charge in [-0.3, -0.25) is 4.79 Å². The Kier molecular flexibility index (Phi) is 4.52. The van der Waals surface area contributed by atoms with Crippen LogP contribution in [0, 0.1) is 0 Å². The molecule has 136 valence electrons. The van der Waals surface area contributed by atoms with Gasteiger partial charge in [0.15, 0.2) is 0 Å². The molecule has 0 bridgehead atoms. The third-order valence-electron chi connectivity index (χ3n) is 4.42. The van der Waals surface area contributed by atoms with Crippen LogP contribution < -0.4 is 0 Å². The first-order chi connectivity index (χ1) is 12.2. The highest BCUT2D eigenvalue weighted by atomic mass is 19.4. The number of carboxylic acids is 1. The third-order valence-corrected chi connectivity index (χ3v) is 4.42. The first-order valence-corrected chi connectivity index (χ1v) is 8.21. The normalized spacial score (nSPS) is 12.1. The van der Waals surface area contributed by atoms with E-state index in [-0.39, 0.29) is 12.3 Å². The van der Waals surface area contributed by atoms with Crippen molar-refractivity contribution >= 4 is 16.9 Å². The second-order valence-corrected chi connectivity index (χ2v) is 6.55. The summed E-state index contributed by atoms with van der Waals surface area (Å²) in [6, 6.07) is 10.4. The fourth-order valence-electron chi connectivity index (χ4n) is 3.18. The third kappa shape index (κ3) is 3.31. The number of H-pyrrole nitrogens is 1. The van der Waals surface area contributed by atoms with Crippen LogP contribution in [0.2, 0.25) is 0 Å². The van der Waals surface area contributed by atoms with Crippen molar-refractivity contribution in [2.24, 2.45) is 0 Å². The number of nitrogens with one attached hydrogen (secondary N) is 1. The minimum Gasteiger partial charge on any atom is -0.481 e. The molecular formula is C20H18F3NO2. The molecule has 2 aromatic carbocycles. The molecule has 0 saturated carbocycles. The Balaban J connectivity index is 2.21. The van der Waals surface area contributed by atoms with Crippen molar-refractivity contribution in [3.63, 3.8) is 0 Å². The van der Waals surface area contributed by atoms with Gasteiger partial charge in [-0.15, -0.1) is 0 Å². The lowest BCUT2D eigenvalue weighted by molar-refractivity contribution is -0.138. The van der Waals surface area contributed by atoms with E-state index in [2.05, 4.69) is 4.98 Å². The van der Waals surface area contributed by atoms with Crippen molar-refractivity contribution < 1.29 is 23.1 Å². The first-order valence-electron chi connectivity index (χ1n) is 8.21. The number of para-hydroxylation sites is 1. The van der Waals surface area contributed by atoms with Crippen LogP contribution in [0.1, 0.15) is 36.5 Å². The molecule has 3 rings (SSSR count). The van der Waals surface area contributed by atoms with Crippen molar-refractivity contribution in [1.82, 2.24) is 4.98 Å². The average Bonchev–Trinajstić information content (AvgIpc) is 2.92. The predicted molar refractivity (Wildman–Crippen MR) is 94.2 cm³/mol. The van der Waals surface area contributed by atoms with E-state index in [1.807, 2.05) is 32.0 Å². The molecule has 2 N–H and O–H groups in total. The van der Waals surface area contributed by atoms with E-state index in [0.29, 0.717) is 16.8 Å². The van der Waals surface area contributed by atoms with Gasteiger partial charge in [-0.1, -0.05) is 44.2 Å². The molecule has 0 aliphatic heterocycles. The van der Waals surface area contributed by atoms with Crippen molar-refractivity contribution in [3.8, 4) is 11.3 Å². The Morgan fingerprint density at radius 2 is 1.77 bits per heavy atom. The number of alkyl halides is 3. The van der Waals surface area contributed by atoms with Gasteiger partial charge in [0, 0.05) is 10.9 Å². The van der Waals surface area contributed by atoms with Gasteiger partial charge in [-0.2, -0.15) is 13.2 Å². The van der Waals surface area contributed by atoms with E-state index in [0.717, 1.165) is 28.6 Å². The number of benzene rings is 2. The molecule has 0 spiro atoms. The Hall–Kier alpha value is -2.76. The summed E-state index contributed by atoms with van der Waals surface area (Å²) in [5, 5.41) is 10.1. The van der Waals surface area contributed by atoms with Crippen LogP contribution in [0.5, 0.6) is 0 Å². The molecule has 0 unspecified atom stereocenters. The van der Waals surface area contributed by atoms with Gasteiger partial charge in [0.2, 0.25) is 0 Å². The molecular weight excluding hydrogens is 343 g/mol. The van der Waals surface area contributed by atoms with Crippen LogP contribution in [-0.4, -0.2) is 16.1 Å². The summed E-state index contributed by atoms with van der Waals surface area (Å²) in [6.07, 6.45) is -4.62. The standard InChI is InChI=1S/C20H18F3NO2/c1-11(2)14-4-3-5-15-16(10-17(25)26)18(24-19(14)15)12-6-8-13(9-7-12)20(21,22)23/h3-9,11,24H,10H2,1-2H3,(H,25,26). The zero-order chi connectivity index (χ0) is 19.1. The van der Waals surface area contributed by atoms with E-state index in [1.54, 1.807) is 0 Å². The van der Waals surface area contributed by atoms with Gasteiger partial charge >= 0.3 is 12.1 Å². The summed E-state index contributed by atoms with van der Waals surface area (Å²) in [5.74, 6) is -0.774. The molecule has 0 saturated heterocycles. The second-order valence-electron chi connectivity index (χ2n) is 6.55. The Morgan fingerprint density at radius 1 is 1.12 bits per heavy atom. The van der Waals surface area contributed by atoms with Gasteiger partial charge in [0.25, 0.3) is 0 Å². The maximum atomic E-state index is 12.8. The number of fused-ring (bicyclic) bond motifs is 1. The zero-order valence-corrected chi connectivity index (χ0v) is 14.3. The largest absolute Gasteiger partial charge is 0.481 e. The number of carboxylic acid groups (broad SMARTS) is 1. The minimum absolute atomic E-state index is 0.210. The lowest BCUT2D eigenvalue weighted by Gasteiger charge is -2.08. The van der Waals surface area contributed by atoms with Crippen molar-refractivity contribution in [2.45, 2.75) is 32.4 Å². The van der Waals surface area contributed by atoms with Crippen molar-refractivity contribution in [3.05, 3.63) is 59.2 Å². The van der Waals surface area contributed by atoms with E-state index in [1.165, 1.54) is 12.1 Å². The Morgan fingerprint density at radius 3 is 2.31 bits per heavy atom. The van der Waals surface area contributed by atoms with Gasteiger partial charge in [0.05, 0.1) is 17.7 Å². The topological polar surface area (TPSA) is 53.1 Å². The minimum atomic E-state index is -4.41. The highest BCUT2D eigenvalue weighted by Gasteiger charge is 2.30. The summed E-state index contributed by atoms with van der Waals surface area (Å²) in [4.78, 5) is 14.6. The lowest BCUT2D eigenvalue weighted by Crippen LogP contribution is -2.04. The fraction of sp³-hybridized carbons (Fsp3) is 0.250. The molecule has 0 amide bonds. The smallest absolute Gasteiger partial charge is 0.416 e. The SMILES string of the molecule is CC(C)c1cccc2c(CC(=O)O)c(-c3ccc(C(F)(F)F)cc3)[nH]c12. The number of halogens is 3. The highest BCUT2D eigenvalue weighted by Crippen LogP contribution is 2.36. The van der Waals surface area contributed by atoms with E-state index in [9.17, 15) is 23.1 Å². The number of rotatable bonds is 4. The quantitative estimate of drug-likeness (QED) is 0.635. The van der Waals surface area contributed by atoms with Gasteiger partial charge in [-0.25, -0.2) is 0 Å². The van der Waals surface area contributed by atoms with E-state index < -0.39 is 17.7 Å². The van der Waals surface area contributed by atoms with Gasteiger partial charge < -0.3 is 10.1 Å². The highest BCUT2D eigenvalue weighted by molar-refractivity contribution is 5.95. The summed E-state index contributed by atoms with van der Waals surface area (Å²) >= 11 is 0. The van der Waals surface area contributed by atoms with Crippen LogP contribution in [-0.2, 0) is 17.4 Å². The fourth-order valence-corrected chi connectivity index (χ4v) is 3.18. The summed E-state index contributed by atoms with van der Waals surface area (Å²) in [6.45, 7) is 4.06. The maximum absolute atomic E-state index is 12.8. The molecule has 0 aliphatic carbocycles. The van der Waals surface area contributed by atoms with Crippen molar-refractivity contribution in [1.29, 1.82) is 0 Å². The number of aromatic nitrogens is 1. The molecule has 1 heterocycles. The van der Waals surface area contributed by atoms with Crippen LogP contribution in [0.15, 0.2) is 42.5 Å². The first kappa shape index (κ1) is 18.0. The van der Waals surface area contributed by atoms with Crippen LogP contribution >= 0.6 is 0 Å². The Labute approximate surface area is 148 Å². The van der Waals surface area contributed by atoms with Gasteiger partial charge in [-0.05, 0) is 34.7 Å². The Bertz CT molecular complexity index is 954. The lowest BCUT2D eigenvalue weighted by atomic mass is 9.97. The van der Waals surface area contributed by atoms with Crippen LogP contribution in [0.4, 0.5) is 13.2 Å². The maximum Gasteiger partial charge on any atom is 0.416 e. The molecule has 1 aromatic heterocycles. The molecule has 0 radical (unpaired) electrons. The number of hydrogen-bond donors (Lipinski definition) is 2. The summed E-state index contributed by atoms with van der Waals surface area (Å²) < 4.78 is 38.4. The van der Waals surface area contributed by atoms with Gasteiger partial charge in [0.1, 0.15) is 0 Å². The molecule has 3 aromatic rings. The molecule has 0 aliphatic rings. The average molecular weight is 361 g/mol. The second kappa shape index (κ2) is 6.52. The van der Waals surface area contributed by atoms with Crippen molar-refractivity contribution in [2.75, 3.05) is 0 Å². The summed E-state index contributed by atoms with van der Waals surface area (Å²) in [5.41, 5.74) is 2.78. The van der Waals surface area contributed by atoms with Crippen LogP contribution in [0.3, 0.4) is 0 Å². The molecule has 26 heavy (non-hydrogen) atoms. The van der Waals surface area contributed by atoms with Crippen LogP contribution in [0.25, 0.3) is 22.2 Å². The van der Waals surface area contributed by atoms with E-state index in [4.69, 9.17) is 0 Å². The zero-order valence-electron chi connectivity index (χ0n) is 14.3. The molecule has 6 heteroatoms. The van der Waals surface area contributed by atoms with E-state index >= 15 is 0 Å². The molecule has 3 nitrogen and oxygen atoms in total.